The lowest BCUT2D eigenvalue weighted by Gasteiger charge is -2.26. The summed E-state index contributed by atoms with van der Waals surface area (Å²) in [5.74, 6) is 0. The van der Waals surface area contributed by atoms with Crippen LogP contribution in [0.25, 0.3) is 0 Å². The molecule has 0 saturated carbocycles. The summed E-state index contributed by atoms with van der Waals surface area (Å²) in [5.41, 5.74) is 3.83. The Kier molecular flexibility index (Phi) is 6.80. The molecule has 26 heavy (non-hydrogen) atoms. The topological polar surface area (TPSA) is 15.3 Å². The second kappa shape index (κ2) is 9.73. The van der Waals surface area contributed by atoms with Gasteiger partial charge in [-0.05, 0) is 35.3 Å². The van der Waals surface area contributed by atoms with Crippen LogP contribution in [-0.2, 0) is 19.5 Å². The fraction of sp³-hybridized carbons (Fsp3) is 0.174. The van der Waals surface area contributed by atoms with Crippen molar-refractivity contribution in [3.05, 3.63) is 108 Å². The molecule has 3 aromatic rings. The van der Waals surface area contributed by atoms with E-state index in [1.807, 2.05) is 12.1 Å². The van der Waals surface area contributed by atoms with Crippen LogP contribution in [0.15, 0.2) is 91.0 Å². The van der Waals surface area contributed by atoms with Crippen LogP contribution in [0.3, 0.4) is 0 Å². The Balaban J connectivity index is 1.63. The summed E-state index contributed by atoms with van der Waals surface area (Å²) in [6.07, 6.45) is 0.973. The summed E-state index contributed by atoms with van der Waals surface area (Å²) >= 11 is 5.70. The molecule has 0 bridgehead atoms. The largest absolute Gasteiger partial charge is 0.358 e. The molecular formula is C23H24N2S. The van der Waals surface area contributed by atoms with Gasteiger partial charge in [0.1, 0.15) is 0 Å². The molecule has 0 heterocycles. The first-order valence-corrected chi connectivity index (χ1v) is 9.36. The van der Waals surface area contributed by atoms with Gasteiger partial charge >= 0.3 is 0 Å². The third-order valence-electron chi connectivity index (χ3n) is 4.30. The number of rotatable bonds is 7. The predicted molar refractivity (Wildman–Crippen MR) is 113 cm³/mol. The first-order chi connectivity index (χ1) is 12.8. The molecule has 0 spiro atoms. The molecule has 0 amide bonds. The Labute approximate surface area is 161 Å². The van der Waals surface area contributed by atoms with Crippen molar-refractivity contribution in [3.8, 4) is 0 Å². The summed E-state index contributed by atoms with van der Waals surface area (Å²) in [7, 11) is 0. The molecule has 0 aromatic heterocycles. The Morgan fingerprint density at radius 1 is 0.692 bits per heavy atom. The fourth-order valence-corrected chi connectivity index (χ4v) is 3.08. The second-order valence-electron chi connectivity index (χ2n) is 6.29. The zero-order valence-corrected chi connectivity index (χ0v) is 15.7. The van der Waals surface area contributed by atoms with Gasteiger partial charge in [0.05, 0.1) is 0 Å². The second-order valence-corrected chi connectivity index (χ2v) is 6.67. The average Bonchev–Trinajstić information content (AvgIpc) is 2.71. The van der Waals surface area contributed by atoms with Crippen molar-refractivity contribution in [1.29, 1.82) is 0 Å². The Bertz CT molecular complexity index is 788. The number of nitrogens with zero attached hydrogens (tertiary/aromatic N) is 1. The van der Waals surface area contributed by atoms with E-state index in [0.29, 0.717) is 0 Å². The van der Waals surface area contributed by atoms with Crippen molar-refractivity contribution in [2.75, 3.05) is 6.54 Å². The van der Waals surface area contributed by atoms with E-state index in [-0.39, 0.29) is 0 Å². The van der Waals surface area contributed by atoms with E-state index in [0.717, 1.165) is 31.2 Å². The summed E-state index contributed by atoms with van der Waals surface area (Å²) in [5, 5.41) is 4.21. The number of benzene rings is 3. The van der Waals surface area contributed by atoms with Crippen LogP contribution in [0.4, 0.5) is 0 Å². The van der Waals surface area contributed by atoms with Crippen LogP contribution < -0.4 is 5.32 Å². The van der Waals surface area contributed by atoms with Gasteiger partial charge in [-0.2, -0.15) is 0 Å². The van der Waals surface area contributed by atoms with Gasteiger partial charge in [-0.15, -0.1) is 0 Å². The molecule has 3 rings (SSSR count). The van der Waals surface area contributed by atoms with Crippen molar-refractivity contribution >= 4 is 17.3 Å². The monoisotopic (exact) mass is 360 g/mol. The van der Waals surface area contributed by atoms with Gasteiger partial charge < -0.3 is 10.2 Å². The van der Waals surface area contributed by atoms with E-state index in [1.54, 1.807) is 0 Å². The lowest BCUT2D eigenvalue weighted by atomic mass is 10.1. The van der Waals surface area contributed by atoms with Crippen LogP contribution in [-0.4, -0.2) is 16.6 Å². The van der Waals surface area contributed by atoms with E-state index in [2.05, 4.69) is 89.1 Å². The van der Waals surface area contributed by atoms with Gasteiger partial charge in [0.2, 0.25) is 0 Å². The molecular weight excluding hydrogens is 336 g/mol. The first kappa shape index (κ1) is 18.2. The Morgan fingerprint density at radius 3 is 1.77 bits per heavy atom. The van der Waals surface area contributed by atoms with Gasteiger partial charge in [0.15, 0.2) is 5.11 Å². The van der Waals surface area contributed by atoms with Gasteiger partial charge in [-0.3, -0.25) is 0 Å². The third-order valence-corrected chi connectivity index (χ3v) is 4.71. The highest BCUT2D eigenvalue weighted by atomic mass is 32.1. The summed E-state index contributed by atoms with van der Waals surface area (Å²) in [6.45, 7) is 2.45. The highest BCUT2D eigenvalue weighted by Gasteiger charge is 2.10. The molecule has 0 radical (unpaired) electrons. The Hall–Kier alpha value is -2.65. The van der Waals surface area contributed by atoms with E-state index < -0.39 is 0 Å². The van der Waals surface area contributed by atoms with Crippen LogP contribution in [0.2, 0.25) is 0 Å². The zero-order valence-electron chi connectivity index (χ0n) is 14.8. The van der Waals surface area contributed by atoms with Gasteiger partial charge in [0, 0.05) is 19.6 Å². The molecule has 0 aliphatic carbocycles. The fourth-order valence-electron chi connectivity index (χ4n) is 2.85. The number of nitrogens with one attached hydrogen (secondary N) is 1. The molecule has 0 atom stereocenters. The van der Waals surface area contributed by atoms with E-state index in [9.17, 15) is 0 Å². The third kappa shape index (κ3) is 5.71. The average molecular weight is 361 g/mol. The summed E-state index contributed by atoms with van der Waals surface area (Å²) in [6, 6.07) is 31.4. The Morgan fingerprint density at radius 2 is 1.19 bits per heavy atom. The standard InChI is InChI=1S/C23H24N2S/c26-23(24-18-21-12-6-2-7-13-21)25(19-22-14-8-3-9-15-22)17-16-20-10-4-1-5-11-20/h1-15H,16-19H2,(H,24,26). The molecule has 3 aromatic carbocycles. The van der Waals surface area contributed by atoms with E-state index in [1.165, 1.54) is 16.7 Å². The van der Waals surface area contributed by atoms with Gasteiger partial charge in [-0.1, -0.05) is 91.0 Å². The van der Waals surface area contributed by atoms with E-state index in [4.69, 9.17) is 12.2 Å². The van der Waals surface area contributed by atoms with E-state index >= 15 is 0 Å². The highest BCUT2D eigenvalue weighted by Crippen LogP contribution is 2.08. The zero-order chi connectivity index (χ0) is 18.0. The maximum absolute atomic E-state index is 5.70. The molecule has 0 aliphatic rings. The molecule has 132 valence electrons. The summed E-state index contributed by atoms with van der Waals surface area (Å²) in [4.78, 5) is 2.25. The summed E-state index contributed by atoms with van der Waals surface area (Å²) < 4.78 is 0. The number of hydrogen-bond donors (Lipinski definition) is 1. The SMILES string of the molecule is S=C(NCc1ccccc1)N(CCc1ccccc1)Cc1ccccc1. The number of hydrogen-bond acceptors (Lipinski definition) is 1. The minimum atomic E-state index is 0.746. The van der Waals surface area contributed by atoms with Crippen molar-refractivity contribution in [2.45, 2.75) is 19.5 Å². The predicted octanol–water partition coefficient (Wildman–Crippen LogP) is 4.81. The van der Waals surface area contributed by atoms with Crippen molar-refractivity contribution in [1.82, 2.24) is 10.2 Å². The minimum Gasteiger partial charge on any atom is -0.358 e. The van der Waals surface area contributed by atoms with Crippen LogP contribution in [0.1, 0.15) is 16.7 Å². The van der Waals surface area contributed by atoms with Crippen molar-refractivity contribution in [2.24, 2.45) is 0 Å². The van der Waals surface area contributed by atoms with Crippen molar-refractivity contribution in [3.63, 3.8) is 0 Å². The smallest absolute Gasteiger partial charge is 0.169 e. The highest BCUT2D eigenvalue weighted by molar-refractivity contribution is 7.80. The first-order valence-electron chi connectivity index (χ1n) is 8.96. The molecule has 0 aliphatic heterocycles. The molecule has 0 saturated heterocycles. The van der Waals surface area contributed by atoms with Crippen LogP contribution in [0, 0.1) is 0 Å². The maximum Gasteiger partial charge on any atom is 0.169 e. The molecule has 2 nitrogen and oxygen atoms in total. The lowest BCUT2D eigenvalue weighted by Crippen LogP contribution is -2.40. The maximum atomic E-state index is 5.70. The molecule has 1 N–H and O–H groups in total. The number of thiocarbonyl (C=S) groups is 1. The molecule has 0 unspecified atom stereocenters. The van der Waals surface area contributed by atoms with Crippen molar-refractivity contribution < 1.29 is 0 Å². The van der Waals surface area contributed by atoms with Gasteiger partial charge in [-0.25, -0.2) is 0 Å². The molecule has 3 heteroatoms. The van der Waals surface area contributed by atoms with Gasteiger partial charge in [0.25, 0.3) is 0 Å². The molecule has 0 fully saturated rings. The van der Waals surface area contributed by atoms with Crippen LogP contribution >= 0.6 is 12.2 Å². The van der Waals surface area contributed by atoms with Crippen LogP contribution in [0.5, 0.6) is 0 Å². The minimum absolute atomic E-state index is 0.746. The quantitative estimate of drug-likeness (QED) is 0.609. The lowest BCUT2D eigenvalue weighted by molar-refractivity contribution is 0.409. The normalized spacial score (nSPS) is 10.3.